The van der Waals surface area contributed by atoms with Crippen molar-refractivity contribution in [2.75, 3.05) is 19.8 Å². The number of rotatable bonds is 5. The number of carboxylic acids is 1. The van der Waals surface area contributed by atoms with Crippen LogP contribution in [0.15, 0.2) is 12.7 Å². The van der Waals surface area contributed by atoms with E-state index >= 15 is 0 Å². The van der Waals surface area contributed by atoms with Crippen LogP contribution in [0.5, 0.6) is 0 Å². The van der Waals surface area contributed by atoms with Gasteiger partial charge in [0.15, 0.2) is 0 Å². The zero-order valence-corrected chi connectivity index (χ0v) is 9.70. The number of carbonyl (C=O) groups excluding carboxylic acids is 1. The largest absolute Gasteiger partial charge is 0.480 e. The highest BCUT2D eigenvalue weighted by Gasteiger charge is 2.41. The number of carboxylic acid groups (broad SMARTS) is 1. The molecule has 0 aromatic rings. The van der Waals surface area contributed by atoms with E-state index in [1.54, 1.807) is 6.08 Å². The molecular formula is C11H18N2O4. The summed E-state index contributed by atoms with van der Waals surface area (Å²) in [6.07, 6.45) is 2.91. The van der Waals surface area contributed by atoms with Crippen molar-refractivity contribution in [1.29, 1.82) is 0 Å². The summed E-state index contributed by atoms with van der Waals surface area (Å²) in [5, 5.41) is 14.3. The van der Waals surface area contributed by atoms with Crippen molar-refractivity contribution < 1.29 is 19.4 Å². The van der Waals surface area contributed by atoms with Gasteiger partial charge in [-0.25, -0.2) is 9.59 Å². The van der Waals surface area contributed by atoms with E-state index in [1.807, 2.05) is 0 Å². The topological polar surface area (TPSA) is 87.7 Å². The molecule has 1 aliphatic heterocycles. The summed E-state index contributed by atoms with van der Waals surface area (Å²) in [6.45, 7) is 4.67. The van der Waals surface area contributed by atoms with E-state index in [1.165, 1.54) is 0 Å². The lowest BCUT2D eigenvalue weighted by atomic mass is 9.90. The van der Waals surface area contributed by atoms with Crippen LogP contribution >= 0.6 is 0 Å². The molecule has 1 fully saturated rings. The molecule has 17 heavy (non-hydrogen) atoms. The first-order chi connectivity index (χ1) is 8.10. The predicted molar refractivity (Wildman–Crippen MR) is 61.8 cm³/mol. The fraction of sp³-hybridized carbons (Fsp3) is 0.636. The molecule has 1 aliphatic rings. The van der Waals surface area contributed by atoms with Crippen LogP contribution in [0, 0.1) is 0 Å². The van der Waals surface area contributed by atoms with Gasteiger partial charge in [0.05, 0.1) is 0 Å². The Morgan fingerprint density at radius 2 is 2.06 bits per heavy atom. The predicted octanol–water partition coefficient (Wildman–Crippen LogP) is 0.495. The quantitative estimate of drug-likeness (QED) is 0.484. The van der Waals surface area contributed by atoms with Gasteiger partial charge in [-0.2, -0.15) is 0 Å². The standard InChI is InChI=1S/C11H18N2O4/c1-2-3-6-12-10(16)13-11(9(14)15)4-7-17-8-5-11/h2H,1,3-8H2,(H,14,15)(H2,12,13,16). The molecule has 1 heterocycles. The second-order valence-electron chi connectivity index (χ2n) is 3.96. The Labute approximate surface area is 100 Å². The van der Waals surface area contributed by atoms with E-state index in [9.17, 15) is 14.7 Å². The first-order valence-corrected chi connectivity index (χ1v) is 5.59. The number of nitrogens with one attached hydrogen (secondary N) is 2. The first kappa shape index (κ1) is 13.5. The molecule has 0 aromatic carbocycles. The highest BCUT2D eigenvalue weighted by atomic mass is 16.5. The van der Waals surface area contributed by atoms with E-state index < -0.39 is 17.5 Å². The average molecular weight is 242 g/mol. The Balaban J connectivity index is 2.51. The molecule has 0 spiro atoms. The van der Waals surface area contributed by atoms with Crippen LogP contribution in [0.25, 0.3) is 0 Å². The summed E-state index contributed by atoms with van der Waals surface area (Å²) in [5.41, 5.74) is -1.20. The van der Waals surface area contributed by atoms with Crippen molar-refractivity contribution in [3.63, 3.8) is 0 Å². The van der Waals surface area contributed by atoms with Crippen LogP contribution in [0.2, 0.25) is 0 Å². The minimum absolute atomic E-state index is 0.289. The van der Waals surface area contributed by atoms with Gasteiger partial charge in [-0.1, -0.05) is 6.08 Å². The number of aliphatic carboxylic acids is 1. The Morgan fingerprint density at radius 1 is 1.41 bits per heavy atom. The maximum absolute atomic E-state index is 11.5. The van der Waals surface area contributed by atoms with E-state index in [0.29, 0.717) is 26.2 Å². The van der Waals surface area contributed by atoms with Crippen LogP contribution in [-0.4, -0.2) is 42.4 Å². The zero-order chi connectivity index (χ0) is 12.7. The second kappa shape index (κ2) is 6.24. The molecule has 1 saturated heterocycles. The fourth-order valence-electron chi connectivity index (χ4n) is 1.66. The third-order valence-electron chi connectivity index (χ3n) is 2.74. The third kappa shape index (κ3) is 3.74. The van der Waals surface area contributed by atoms with E-state index in [-0.39, 0.29) is 12.8 Å². The lowest BCUT2D eigenvalue weighted by Crippen LogP contribution is -2.59. The summed E-state index contributed by atoms with van der Waals surface area (Å²) in [4.78, 5) is 22.8. The molecule has 6 heteroatoms. The third-order valence-corrected chi connectivity index (χ3v) is 2.74. The molecule has 6 nitrogen and oxygen atoms in total. The monoisotopic (exact) mass is 242 g/mol. The molecule has 0 unspecified atom stereocenters. The molecule has 2 amide bonds. The van der Waals surface area contributed by atoms with Gasteiger partial charge < -0.3 is 20.5 Å². The maximum Gasteiger partial charge on any atom is 0.329 e. The molecule has 0 radical (unpaired) electrons. The van der Waals surface area contributed by atoms with E-state index in [4.69, 9.17) is 4.74 Å². The van der Waals surface area contributed by atoms with Crippen molar-refractivity contribution in [3.8, 4) is 0 Å². The molecule has 0 aromatic heterocycles. The molecule has 0 bridgehead atoms. The Kier molecular flexibility index (Phi) is 4.96. The van der Waals surface area contributed by atoms with Gasteiger partial charge in [0.2, 0.25) is 0 Å². The highest BCUT2D eigenvalue weighted by molar-refractivity contribution is 5.86. The lowest BCUT2D eigenvalue weighted by Gasteiger charge is -2.33. The lowest BCUT2D eigenvalue weighted by molar-refractivity contribution is -0.148. The Morgan fingerprint density at radius 3 is 2.59 bits per heavy atom. The zero-order valence-electron chi connectivity index (χ0n) is 9.70. The molecule has 0 atom stereocenters. The second-order valence-corrected chi connectivity index (χ2v) is 3.96. The van der Waals surface area contributed by atoms with Crippen molar-refractivity contribution in [1.82, 2.24) is 10.6 Å². The molecule has 3 N–H and O–H groups in total. The number of hydrogen-bond acceptors (Lipinski definition) is 3. The SMILES string of the molecule is C=CCCNC(=O)NC1(C(=O)O)CCOCC1. The van der Waals surface area contributed by atoms with Crippen molar-refractivity contribution >= 4 is 12.0 Å². The first-order valence-electron chi connectivity index (χ1n) is 5.59. The minimum atomic E-state index is -1.20. The van der Waals surface area contributed by atoms with Crippen molar-refractivity contribution in [2.45, 2.75) is 24.8 Å². The molecular weight excluding hydrogens is 224 g/mol. The number of amides is 2. The van der Waals surface area contributed by atoms with Gasteiger partial charge in [0.25, 0.3) is 0 Å². The smallest absolute Gasteiger partial charge is 0.329 e. The van der Waals surface area contributed by atoms with Crippen LogP contribution in [0.4, 0.5) is 4.79 Å². The van der Waals surface area contributed by atoms with Gasteiger partial charge in [0, 0.05) is 32.6 Å². The van der Waals surface area contributed by atoms with Gasteiger partial charge >= 0.3 is 12.0 Å². The Bertz CT molecular complexity index is 298. The number of carbonyl (C=O) groups is 2. The van der Waals surface area contributed by atoms with E-state index in [0.717, 1.165) is 0 Å². The van der Waals surface area contributed by atoms with Crippen molar-refractivity contribution in [3.05, 3.63) is 12.7 Å². The van der Waals surface area contributed by atoms with Crippen molar-refractivity contribution in [2.24, 2.45) is 0 Å². The molecule has 0 saturated carbocycles. The maximum atomic E-state index is 11.5. The highest BCUT2D eigenvalue weighted by Crippen LogP contribution is 2.20. The fourth-order valence-corrected chi connectivity index (χ4v) is 1.66. The van der Waals surface area contributed by atoms with Gasteiger partial charge in [-0.05, 0) is 6.42 Å². The summed E-state index contributed by atoms with van der Waals surface area (Å²) in [6, 6.07) is -0.462. The van der Waals surface area contributed by atoms with Crippen LogP contribution in [-0.2, 0) is 9.53 Å². The molecule has 96 valence electrons. The molecule has 1 rings (SSSR count). The number of ether oxygens (including phenoxy) is 1. The average Bonchev–Trinajstić information content (AvgIpc) is 2.30. The summed E-state index contributed by atoms with van der Waals surface area (Å²) < 4.78 is 5.11. The minimum Gasteiger partial charge on any atom is -0.480 e. The number of hydrogen-bond donors (Lipinski definition) is 3. The van der Waals surface area contributed by atoms with Gasteiger partial charge in [0.1, 0.15) is 5.54 Å². The van der Waals surface area contributed by atoms with Gasteiger partial charge in [-0.15, -0.1) is 6.58 Å². The van der Waals surface area contributed by atoms with Crippen LogP contribution < -0.4 is 10.6 Å². The summed E-state index contributed by atoms with van der Waals surface area (Å²) >= 11 is 0. The number of urea groups is 1. The van der Waals surface area contributed by atoms with Crippen LogP contribution in [0.3, 0.4) is 0 Å². The van der Waals surface area contributed by atoms with Crippen LogP contribution in [0.1, 0.15) is 19.3 Å². The Hall–Kier alpha value is -1.56. The normalized spacial score (nSPS) is 18.1. The summed E-state index contributed by atoms with van der Waals surface area (Å²) in [7, 11) is 0. The molecule has 0 aliphatic carbocycles. The summed E-state index contributed by atoms with van der Waals surface area (Å²) in [5.74, 6) is -1.01. The van der Waals surface area contributed by atoms with E-state index in [2.05, 4.69) is 17.2 Å². The van der Waals surface area contributed by atoms with Gasteiger partial charge in [-0.3, -0.25) is 0 Å².